The van der Waals surface area contributed by atoms with Crippen molar-refractivity contribution in [1.29, 1.82) is 0 Å². The van der Waals surface area contributed by atoms with Gasteiger partial charge in [-0.1, -0.05) is 35.3 Å². The van der Waals surface area contributed by atoms with Gasteiger partial charge >= 0.3 is 0 Å². The lowest BCUT2D eigenvalue weighted by Gasteiger charge is -2.19. The summed E-state index contributed by atoms with van der Waals surface area (Å²) in [4.78, 5) is 25.6. The monoisotopic (exact) mass is 605 g/mol. The van der Waals surface area contributed by atoms with E-state index in [9.17, 15) is 9.59 Å². The molecule has 162 valence electrons. The van der Waals surface area contributed by atoms with E-state index in [0.717, 1.165) is 13.7 Å². The van der Waals surface area contributed by atoms with Crippen LogP contribution in [0, 0.1) is 3.57 Å². The fraction of sp³-hybridized carbons (Fsp3) is 0.190. The van der Waals surface area contributed by atoms with Crippen LogP contribution in [0.3, 0.4) is 0 Å². The van der Waals surface area contributed by atoms with Gasteiger partial charge in [0.1, 0.15) is 4.88 Å². The van der Waals surface area contributed by atoms with Crippen LogP contribution in [0.15, 0.2) is 36.4 Å². The first-order valence-corrected chi connectivity index (χ1v) is 12.1. The highest BCUT2D eigenvalue weighted by atomic mass is 127. The van der Waals surface area contributed by atoms with Crippen LogP contribution in [0.5, 0.6) is 0 Å². The molecule has 0 spiro atoms. The molecule has 2 amide bonds. The van der Waals surface area contributed by atoms with E-state index in [1.54, 1.807) is 24.3 Å². The number of nitrogens with one attached hydrogen (secondary N) is 3. The van der Waals surface area contributed by atoms with Crippen LogP contribution in [0.1, 0.15) is 40.8 Å². The Balaban J connectivity index is 1.84. The van der Waals surface area contributed by atoms with Crippen molar-refractivity contribution in [3.05, 3.63) is 60.5 Å². The minimum Gasteiger partial charge on any atom is -0.347 e. The lowest BCUT2D eigenvalue weighted by Crippen LogP contribution is -2.40. The summed E-state index contributed by atoms with van der Waals surface area (Å²) in [7, 11) is 0. The van der Waals surface area contributed by atoms with E-state index in [1.807, 2.05) is 32.9 Å². The van der Waals surface area contributed by atoms with Crippen LogP contribution in [0.4, 0.5) is 5.69 Å². The number of hydrogen-bond donors (Lipinski definition) is 3. The second-order valence-electron chi connectivity index (χ2n) is 7.66. The summed E-state index contributed by atoms with van der Waals surface area (Å²) >= 11 is 21.3. The Bertz CT molecular complexity index is 1210. The molecule has 0 aliphatic carbocycles. The van der Waals surface area contributed by atoms with Gasteiger partial charge in [-0.05, 0) is 79.8 Å². The van der Waals surface area contributed by atoms with E-state index >= 15 is 0 Å². The van der Waals surface area contributed by atoms with Crippen molar-refractivity contribution in [1.82, 2.24) is 10.6 Å². The summed E-state index contributed by atoms with van der Waals surface area (Å²) in [6.45, 7) is 5.71. The molecule has 0 atom stereocenters. The number of amides is 2. The van der Waals surface area contributed by atoms with Crippen molar-refractivity contribution in [3.8, 4) is 0 Å². The molecule has 0 saturated carbocycles. The molecule has 2 aromatic carbocycles. The zero-order chi connectivity index (χ0) is 22.9. The molecule has 3 N–H and O–H groups in total. The van der Waals surface area contributed by atoms with E-state index in [1.165, 1.54) is 11.3 Å². The van der Waals surface area contributed by atoms with Gasteiger partial charge in [0, 0.05) is 14.5 Å². The molecule has 0 radical (unpaired) electrons. The van der Waals surface area contributed by atoms with Crippen LogP contribution in [0.2, 0.25) is 10.0 Å². The molecule has 0 unspecified atom stereocenters. The van der Waals surface area contributed by atoms with Gasteiger partial charge in [0.2, 0.25) is 0 Å². The molecule has 10 heteroatoms. The molecule has 3 aromatic rings. The Morgan fingerprint density at radius 2 is 1.81 bits per heavy atom. The largest absolute Gasteiger partial charge is 0.347 e. The van der Waals surface area contributed by atoms with Crippen molar-refractivity contribution >= 4 is 102 Å². The zero-order valence-electron chi connectivity index (χ0n) is 16.7. The Hall–Kier alpha value is -1.46. The summed E-state index contributed by atoms with van der Waals surface area (Å²) in [6.07, 6.45) is 0. The second-order valence-corrected chi connectivity index (χ2v) is 11.1. The minimum atomic E-state index is -0.414. The Labute approximate surface area is 213 Å². The predicted molar refractivity (Wildman–Crippen MR) is 142 cm³/mol. The van der Waals surface area contributed by atoms with Gasteiger partial charge in [-0.25, -0.2) is 0 Å². The molecule has 0 bridgehead atoms. The maximum atomic E-state index is 12.6. The second kappa shape index (κ2) is 9.58. The summed E-state index contributed by atoms with van der Waals surface area (Å²) < 4.78 is 1.64. The Kier molecular flexibility index (Phi) is 7.47. The van der Waals surface area contributed by atoms with Crippen molar-refractivity contribution in [2.45, 2.75) is 26.3 Å². The van der Waals surface area contributed by atoms with Crippen LogP contribution in [-0.2, 0) is 0 Å². The average molecular weight is 606 g/mol. The highest BCUT2D eigenvalue weighted by Crippen LogP contribution is 2.39. The topological polar surface area (TPSA) is 70.2 Å². The fourth-order valence-electron chi connectivity index (χ4n) is 2.73. The average Bonchev–Trinajstić information content (AvgIpc) is 3.00. The summed E-state index contributed by atoms with van der Waals surface area (Å²) in [6, 6.07) is 10.6. The third-order valence-electron chi connectivity index (χ3n) is 4.00. The number of halogens is 3. The number of benzene rings is 2. The first kappa shape index (κ1) is 24.2. The van der Waals surface area contributed by atoms with Crippen molar-refractivity contribution in [3.63, 3.8) is 0 Å². The maximum absolute atomic E-state index is 12.6. The van der Waals surface area contributed by atoms with Crippen LogP contribution in [-0.4, -0.2) is 22.5 Å². The van der Waals surface area contributed by atoms with Crippen LogP contribution in [0.25, 0.3) is 10.1 Å². The lowest BCUT2D eigenvalue weighted by atomic mass is 10.1. The minimum absolute atomic E-state index is 0.109. The number of carbonyl (C=O) groups excluding carboxylic acids is 2. The van der Waals surface area contributed by atoms with Gasteiger partial charge in [-0.15, -0.1) is 11.3 Å². The quantitative estimate of drug-likeness (QED) is 0.236. The maximum Gasteiger partial charge on any atom is 0.263 e. The standard InChI is InChI=1S/C21H18Cl2IN3O2S2/c1-21(2,3)27-19(29)17-15(23)11-5-4-6-14(16(11)31-17)25-20(30)26-18(28)12-9-10(24)7-8-13(12)22/h4-9H,1-3H3,(H,27,29)(H2,25,26,28,30). The van der Waals surface area contributed by atoms with Gasteiger partial charge in [-0.2, -0.15) is 0 Å². The zero-order valence-corrected chi connectivity index (χ0v) is 22.0. The first-order chi connectivity index (χ1) is 14.5. The van der Waals surface area contributed by atoms with Crippen molar-refractivity contribution in [2.24, 2.45) is 0 Å². The van der Waals surface area contributed by atoms with E-state index in [2.05, 4.69) is 38.5 Å². The van der Waals surface area contributed by atoms with Gasteiger partial charge in [-0.3, -0.25) is 14.9 Å². The molecule has 0 fully saturated rings. The number of anilines is 1. The third kappa shape index (κ3) is 5.87. The molecule has 0 aliphatic heterocycles. The van der Waals surface area contributed by atoms with E-state index in [4.69, 9.17) is 35.4 Å². The fourth-order valence-corrected chi connectivity index (χ4v) is 5.10. The number of fused-ring (bicyclic) bond motifs is 1. The third-order valence-corrected chi connectivity index (χ3v) is 6.94. The molecule has 0 aliphatic rings. The molecule has 1 heterocycles. The van der Waals surface area contributed by atoms with Gasteiger partial charge in [0.05, 0.1) is 26.0 Å². The van der Waals surface area contributed by atoms with Crippen molar-refractivity contribution < 1.29 is 9.59 Å². The molecule has 1 aromatic heterocycles. The summed E-state index contributed by atoms with van der Waals surface area (Å²) in [5.74, 6) is -0.656. The number of thiocarbonyl (C=S) groups is 1. The Morgan fingerprint density at radius 1 is 1.10 bits per heavy atom. The van der Waals surface area contributed by atoms with Crippen LogP contribution < -0.4 is 16.0 Å². The molecule has 5 nitrogen and oxygen atoms in total. The number of carbonyl (C=O) groups is 2. The van der Waals surface area contributed by atoms with E-state index in [-0.39, 0.29) is 16.6 Å². The van der Waals surface area contributed by atoms with Crippen molar-refractivity contribution in [2.75, 3.05) is 5.32 Å². The number of hydrogen-bond acceptors (Lipinski definition) is 4. The first-order valence-electron chi connectivity index (χ1n) is 9.07. The molecular formula is C21H18Cl2IN3O2S2. The number of thiophene rings is 1. The SMILES string of the molecule is CC(C)(C)NC(=O)c1sc2c(NC(=S)NC(=O)c3cc(I)ccc3Cl)cccc2c1Cl. The van der Waals surface area contributed by atoms with Gasteiger partial charge < -0.3 is 10.6 Å². The van der Waals surface area contributed by atoms with Gasteiger partial charge in [0.25, 0.3) is 11.8 Å². The van der Waals surface area contributed by atoms with Gasteiger partial charge in [0.15, 0.2) is 5.11 Å². The predicted octanol–water partition coefficient (Wildman–Crippen LogP) is 6.47. The molecular weight excluding hydrogens is 588 g/mol. The number of rotatable bonds is 3. The summed E-state index contributed by atoms with van der Waals surface area (Å²) in [5.41, 5.74) is 0.578. The van der Waals surface area contributed by atoms with Crippen LogP contribution >= 0.6 is 69.3 Å². The van der Waals surface area contributed by atoms with E-state index in [0.29, 0.717) is 26.2 Å². The highest BCUT2D eigenvalue weighted by Gasteiger charge is 2.23. The van der Waals surface area contributed by atoms with E-state index < -0.39 is 5.91 Å². The Morgan fingerprint density at radius 3 is 2.48 bits per heavy atom. The smallest absolute Gasteiger partial charge is 0.263 e. The molecule has 0 saturated heterocycles. The molecule has 3 rings (SSSR count). The molecule has 31 heavy (non-hydrogen) atoms. The lowest BCUT2D eigenvalue weighted by molar-refractivity contribution is 0.0922. The normalized spacial score (nSPS) is 11.3. The highest BCUT2D eigenvalue weighted by molar-refractivity contribution is 14.1. The summed E-state index contributed by atoms with van der Waals surface area (Å²) in [5, 5.41) is 10.1.